The number of hydrogen-bond donors (Lipinski definition) is 1. The molecule has 0 aliphatic rings. The molecule has 0 radical (unpaired) electrons. The quantitative estimate of drug-likeness (QED) is 0.832. The summed E-state index contributed by atoms with van der Waals surface area (Å²) in [5.74, 6) is 1.10. The number of nitrogens with two attached hydrogens (primary N) is 1. The van der Waals surface area contributed by atoms with E-state index >= 15 is 0 Å². The van der Waals surface area contributed by atoms with Gasteiger partial charge in [0.15, 0.2) is 0 Å². The summed E-state index contributed by atoms with van der Waals surface area (Å²) in [5, 5.41) is 5.32. The van der Waals surface area contributed by atoms with E-state index in [0.29, 0.717) is 0 Å². The molecule has 0 saturated heterocycles. The first kappa shape index (κ1) is 14.9. The Labute approximate surface area is 113 Å². The van der Waals surface area contributed by atoms with Crippen LogP contribution in [0.5, 0.6) is 0 Å². The van der Waals surface area contributed by atoms with Gasteiger partial charge in [0.25, 0.3) is 0 Å². The van der Waals surface area contributed by atoms with Gasteiger partial charge < -0.3 is 5.73 Å². The van der Waals surface area contributed by atoms with Crippen LogP contribution in [-0.4, -0.2) is 27.8 Å². The minimum Gasteiger partial charge on any atom is -0.327 e. The number of thioether (sulfide) groups is 1. The van der Waals surface area contributed by atoms with Crippen molar-refractivity contribution in [3.05, 3.63) is 16.4 Å². The standard InChI is InChI=1S/C12H22ClN3S/c1-4-10-12(13)11(16(5-2)15-10)8-9(14)6-7-17-3/h9H,4-8,14H2,1-3H3. The van der Waals surface area contributed by atoms with Crippen molar-refractivity contribution in [2.24, 2.45) is 5.73 Å². The van der Waals surface area contributed by atoms with E-state index in [1.807, 2.05) is 16.4 Å². The molecular weight excluding hydrogens is 254 g/mol. The molecule has 1 atom stereocenters. The molecule has 0 fully saturated rings. The van der Waals surface area contributed by atoms with Gasteiger partial charge >= 0.3 is 0 Å². The second kappa shape index (κ2) is 7.29. The van der Waals surface area contributed by atoms with Crippen LogP contribution in [0.1, 0.15) is 31.7 Å². The van der Waals surface area contributed by atoms with Crippen molar-refractivity contribution in [2.45, 2.75) is 45.7 Å². The van der Waals surface area contributed by atoms with Crippen LogP contribution in [0.4, 0.5) is 0 Å². The maximum absolute atomic E-state index is 6.34. The van der Waals surface area contributed by atoms with E-state index in [0.717, 1.165) is 48.0 Å². The molecule has 0 amide bonds. The average Bonchev–Trinajstić information content (AvgIpc) is 2.63. The summed E-state index contributed by atoms with van der Waals surface area (Å²) in [7, 11) is 0. The third kappa shape index (κ3) is 3.90. The van der Waals surface area contributed by atoms with E-state index in [9.17, 15) is 0 Å². The SMILES string of the molecule is CCc1nn(CC)c(CC(N)CCSC)c1Cl. The zero-order chi connectivity index (χ0) is 12.8. The Morgan fingerprint density at radius 1 is 1.47 bits per heavy atom. The highest BCUT2D eigenvalue weighted by Crippen LogP contribution is 2.23. The minimum absolute atomic E-state index is 0.173. The molecule has 0 aromatic carbocycles. The first-order valence-electron chi connectivity index (χ1n) is 6.12. The van der Waals surface area contributed by atoms with Gasteiger partial charge in [-0.1, -0.05) is 18.5 Å². The maximum Gasteiger partial charge on any atom is 0.0850 e. The Kier molecular flexibility index (Phi) is 6.38. The number of nitrogens with zero attached hydrogens (tertiary/aromatic N) is 2. The molecule has 1 aromatic rings. The Bertz CT molecular complexity index is 352. The molecule has 17 heavy (non-hydrogen) atoms. The lowest BCUT2D eigenvalue weighted by atomic mass is 10.1. The highest BCUT2D eigenvalue weighted by Gasteiger charge is 2.16. The summed E-state index contributed by atoms with van der Waals surface area (Å²) >= 11 is 8.17. The molecule has 1 unspecified atom stereocenters. The third-order valence-corrected chi connectivity index (χ3v) is 3.92. The number of halogens is 1. The van der Waals surface area contributed by atoms with Crippen LogP contribution in [0.3, 0.4) is 0 Å². The van der Waals surface area contributed by atoms with Crippen molar-refractivity contribution in [1.29, 1.82) is 0 Å². The van der Waals surface area contributed by atoms with Crippen LogP contribution < -0.4 is 5.73 Å². The van der Waals surface area contributed by atoms with Crippen molar-refractivity contribution in [2.75, 3.05) is 12.0 Å². The number of aryl methyl sites for hydroxylation is 2. The van der Waals surface area contributed by atoms with Gasteiger partial charge in [-0.05, 0) is 31.8 Å². The van der Waals surface area contributed by atoms with Crippen LogP contribution in [0.25, 0.3) is 0 Å². The van der Waals surface area contributed by atoms with Gasteiger partial charge in [-0.2, -0.15) is 16.9 Å². The lowest BCUT2D eigenvalue weighted by Crippen LogP contribution is -2.25. The maximum atomic E-state index is 6.34. The normalized spacial score (nSPS) is 13.0. The second-order valence-electron chi connectivity index (χ2n) is 4.12. The molecule has 0 saturated carbocycles. The highest BCUT2D eigenvalue weighted by atomic mass is 35.5. The monoisotopic (exact) mass is 275 g/mol. The molecule has 98 valence electrons. The van der Waals surface area contributed by atoms with Gasteiger partial charge in [-0.3, -0.25) is 4.68 Å². The van der Waals surface area contributed by atoms with E-state index in [1.54, 1.807) is 0 Å². The molecule has 0 aliphatic heterocycles. The zero-order valence-electron chi connectivity index (χ0n) is 10.9. The van der Waals surface area contributed by atoms with Gasteiger partial charge in [0, 0.05) is 19.0 Å². The summed E-state index contributed by atoms with van der Waals surface area (Å²) in [6, 6.07) is 0.173. The summed E-state index contributed by atoms with van der Waals surface area (Å²) in [6.07, 6.45) is 4.82. The molecule has 5 heteroatoms. The fourth-order valence-electron chi connectivity index (χ4n) is 1.83. The molecule has 2 N–H and O–H groups in total. The Balaban J connectivity index is 2.78. The first-order valence-corrected chi connectivity index (χ1v) is 7.89. The van der Waals surface area contributed by atoms with Crippen LogP contribution in [0.2, 0.25) is 5.02 Å². The largest absolute Gasteiger partial charge is 0.327 e. The van der Waals surface area contributed by atoms with Crippen molar-refractivity contribution < 1.29 is 0 Å². The van der Waals surface area contributed by atoms with Crippen molar-refractivity contribution in [3.63, 3.8) is 0 Å². The van der Waals surface area contributed by atoms with E-state index in [4.69, 9.17) is 17.3 Å². The zero-order valence-corrected chi connectivity index (χ0v) is 12.4. The molecule has 0 aliphatic carbocycles. The van der Waals surface area contributed by atoms with Crippen LogP contribution in [0, 0.1) is 0 Å². The summed E-state index contributed by atoms with van der Waals surface area (Å²) in [4.78, 5) is 0. The van der Waals surface area contributed by atoms with Gasteiger partial charge in [0.2, 0.25) is 0 Å². The highest BCUT2D eigenvalue weighted by molar-refractivity contribution is 7.98. The number of rotatable bonds is 7. The molecular formula is C12H22ClN3S. The van der Waals surface area contributed by atoms with Gasteiger partial charge in [-0.25, -0.2) is 0 Å². The average molecular weight is 276 g/mol. The third-order valence-electron chi connectivity index (χ3n) is 2.84. The van der Waals surface area contributed by atoms with Gasteiger partial charge in [0.1, 0.15) is 0 Å². The molecule has 0 bridgehead atoms. The number of hydrogen-bond acceptors (Lipinski definition) is 3. The van der Waals surface area contributed by atoms with E-state index in [-0.39, 0.29) is 6.04 Å². The fourth-order valence-corrected chi connectivity index (χ4v) is 2.72. The van der Waals surface area contributed by atoms with Gasteiger partial charge in [0.05, 0.1) is 16.4 Å². The predicted octanol–water partition coefficient (Wildman–Crippen LogP) is 2.74. The fraction of sp³-hybridized carbons (Fsp3) is 0.750. The Hall–Kier alpha value is -0.190. The molecule has 1 heterocycles. The van der Waals surface area contributed by atoms with Crippen LogP contribution in [0.15, 0.2) is 0 Å². The minimum atomic E-state index is 0.173. The van der Waals surface area contributed by atoms with Crippen LogP contribution >= 0.6 is 23.4 Å². The van der Waals surface area contributed by atoms with Crippen LogP contribution in [-0.2, 0) is 19.4 Å². The first-order chi connectivity index (χ1) is 8.13. The van der Waals surface area contributed by atoms with E-state index in [2.05, 4.69) is 25.2 Å². The van der Waals surface area contributed by atoms with E-state index in [1.165, 1.54) is 0 Å². The van der Waals surface area contributed by atoms with Crippen molar-refractivity contribution in [1.82, 2.24) is 9.78 Å². The molecule has 1 rings (SSSR count). The van der Waals surface area contributed by atoms with Crippen molar-refractivity contribution >= 4 is 23.4 Å². The molecule has 1 aromatic heterocycles. The summed E-state index contributed by atoms with van der Waals surface area (Å²) < 4.78 is 1.99. The summed E-state index contributed by atoms with van der Waals surface area (Å²) in [6.45, 7) is 5.01. The van der Waals surface area contributed by atoms with Gasteiger partial charge in [-0.15, -0.1) is 0 Å². The molecule has 3 nitrogen and oxygen atoms in total. The topological polar surface area (TPSA) is 43.8 Å². The molecule has 0 spiro atoms. The Morgan fingerprint density at radius 3 is 2.71 bits per heavy atom. The smallest absolute Gasteiger partial charge is 0.0850 e. The van der Waals surface area contributed by atoms with Crippen molar-refractivity contribution in [3.8, 4) is 0 Å². The lowest BCUT2D eigenvalue weighted by molar-refractivity contribution is 0.569. The predicted molar refractivity (Wildman–Crippen MR) is 77.0 cm³/mol. The number of aromatic nitrogens is 2. The van der Waals surface area contributed by atoms with E-state index < -0.39 is 0 Å². The Morgan fingerprint density at radius 2 is 2.18 bits per heavy atom. The summed E-state index contributed by atoms with van der Waals surface area (Å²) in [5.41, 5.74) is 8.21. The lowest BCUT2D eigenvalue weighted by Gasteiger charge is -2.12. The second-order valence-corrected chi connectivity index (χ2v) is 5.49.